The zero-order valence-corrected chi connectivity index (χ0v) is 12.3. The van der Waals surface area contributed by atoms with E-state index in [1.54, 1.807) is 6.07 Å². The van der Waals surface area contributed by atoms with E-state index in [4.69, 9.17) is 4.74 Å². The average molecular weight is 271 g/mol. The van der Waals surface area contributed by atoms with E-state index in [1.807, 2.05) is 24.4 Å². The number of aliphatic imine (C=N–C) groups is 1. The summed E-state index contributed by atoms with van der Waals surface area (Å²) in [6, 6.07) is 7.29. The molecule has 106 valence electrons. The van der Waals surface area contributed by atoms with Crippen LogP contribution in [-0.2, 0) is 4.74 Å². The molecule has 20 heavy (non-hydrogen) atoms. The molecule has 0 saturated carbocycles. The van der Waals surface area contributed by atoms with Gasteiger partial charge in [0.15, 0.2) is 0 Å². The van der Waals surface area contributed by atoms with Crippen LogP contribution in [0.5, 0.6) is 0 Å². The van der Waals surface area contributed by atoms with Crippen molar-refractivity contribution in [1.29, 1.82) is 0 Å². The SMILES string of the molecule is COC(=O)c1ccccc1N=C[C@H]1CC(C)=C[C@H](C)C1. The lowest BCUT2D eigenvalue weighted by molar-refractivity contribution is 0.0601. The minimum absolute atomic E-state index is 0.342. The number of hydrogen-bond acceptors (Lipinski definition) is 3. The maximum atomic E-state index is 11.7. The van der Waals surface area contributed by atoms with Gasteiger partial charge in [-0.05, 0) is 43.7 Å². The van der Waals surface area contributed by atoms with Crippen molar-refractivity contribution in [1.82, 2.24) is 0 Å². The molecule has 0 heterocycles. The molecule has 2 rings (SSSR count). The Bertz CT molecular complexity index is 546. The number of rotatable bonds is 3. The number of benzene rings is 1. The number of allylic oxidation sites excluding steroid dienone is 2. The minimum Gasteiger partial charge on any atom is -0.465 e. The van der Waals surface area contributed by atoms with Crippen molar-refractivity contribution >= 4 is 17.9 Å². The highest BCUT2D eigenvalue weighted by Gasteiger charge is 2.16. The summed E-state index contributed by atoms with van der Waals surface area (Å²) in [5.41, 5.74) is 2.61. The number of methoxy groups -OCH3 is 1. The second kappa shape index (κ2) is 6.51. The second-order valence-corrected chi connectivity index (χ2v) is 5.48. The van der Waals surface area contributed by atoms with Crippen molar-refractivity contribution in [2.45, 2.75) is 26.7 Å². The van der Waals surface area contributed by atoms with Crippen LogP contribution < -0.4 is 0 Å². The van der Waals surface area contributed by atoms with E-state index in [0.717, 1.165) is 12.8 Å². The Balaban J connectivity index is 2.16. The van der Waals surface area contributed by atoms with Gasteiger partial charge in [0, 0.05) is 6.21 Å². The first-order valence-corrected chi connectivity index (χ1v) is 6.99. The molecule has 0 aromatic heterocycles. The molecule has 0 spiro atoms. The molecule has 1 aromatic carbocycles. The molecule has 0 amide bonds. The smallest absolute Gasteiger partial charge is 0.340 e. The largest absolute Gasteiger partial charge is 0.465 e. The van der Waals surface area contributed by atoms with Crippen LogP contribution in [0.25, 0.3) is 0 Å². The molecule has 3 heteroatoms. The first-order valence-electron chi connectivity index (χ1n) is 6.99. The van der Waals surface area contributed by atoms with Crippen molar-refractivity contribution < 1.29 is 9.53 Å². The quantitative estimate of drug-likeness (QED) is 0.470. The fraction of sp³-hybridized carbons (Fsp3) is 0.412. The molecule has 2 atom stereocenters. The Hall–Kier alpha value is -1.90. The number of esters is 1. The fourth-order valence-corrected chi connectivity index (χ4v) is 2.76. The number of hydrogen-bond donors (Lipinski definition) is 0. The average Bonchev–Trinajstić information content (AvgIpc) is 2.43. The lowest BCUT2D eigenvalue weighted by Gasteiger charge is -2.22. The highest BCUT2D eigenvalue weighted by molar-refractivity contribution is 5.95. The summed E-state index contributed by atoms with van der Waals surface area (Å²) in [5.74, 6) is 0.697. The first kappa shape index (κ1) is 14.5. The number of carbonyl (C=O) groups excluding carboxylic acids is 1. The van der Waals surface area contributed by atoms with Gasteiger partial charge in [-0.3, -0.25) is 4.99 Å². The van der Waals surface area contributed by atoms with E-state index < -0.39 is 0 Å². The molecule has 1 aliphatic carbocycles. The van der Waals surface area contributed by atoms with Gasteiger partial charge in [0.05, 0.1) is 18.4 Å². The summed E-state index contributed by atoms with van der Waals surface area (Å²) in [5, 5.41) is 0. The molecule has 0 N–H and O–H groups in total. The van der Waals surface area contributed by atoms with Gasteiger partial charge in [-0.25, -0.2) is 4.79 Å². The van der Waals surface area contributed by atoms with E-state index in [9.17, 15) is 4.79 Å². The summed E-state index contributed by atoms with van der Waals surface area (Å²) < 4.78 is 4.78. The van der Waals surface area contributed by atoms with Crippen LogP contribution in [0, 0.1) is 11.8 Å². The maximum absolute atomic E-state index is 11.7. The molecule has 0 unspecified atom stereocenters. The molecular formula is C17H21NO2. The maximum Gasteiger partial charge on any atom is 0.340 e. The third-order valence-electron chi connectivity index (χ3n) is 3.56. The van der Waals surface area contributed by atoms with E-state index in [1.165, 1.54) is 12.7 Å². The molecule has 0 fully saturated rings. The zero-order valence-electron chi connectivity index (χ0n) is 12.3. The molecule has 0 aliphatic heterocycles. The molecule has 0 radical (unpaired) electrons. The van der Waals surface area contributed by atoms with Crippen molar-refractivity contribution in [3.8, 4) is 0 Å². The van der Waals surface area contributed by atoms with Gasteiger partial charge < -0.3 is 4.74 Å². The Morgan fingerprint density at radius 1 is 1.40 bits per heavy atom. The van der Waals surface area contributed by atoms with Gasteiger partial charge in [-0.15, -0.1) is 0 Å². The monoisotopic (exact) mass is 271 g/mol. The van der Waals surface area contributed by atoms with E-state index >= 15 is 0 Å². The fourth-order valence-electron chi connectivity index (χ4n) is 2.76. The van der Waals surface area contributed by atoms with E-state index in [0.29, 0.717) is 23.1 Å². The summed E-state index contributed by atoms with van der Waals surface area (Å²) >= 11 is 0. The molecule has 3 nitrogen and oxygen atoms in total. The van der Waals surface area contributed by atoms with Crippen molar-refractivity contribution in [3.05, 3.63) is 41.5 Å². The summed E-state index contributed by atoms with van der Waals surface area (Å²) in [6.07, 6.45) is 6.47. The van der Waals surface area contributed by atoms with Gasteiger partial charge in [-0.1, -0.05) is 30.7 Å². The van der Waals surface area contributed by atoms with Gasteiger partial charge >= 0.3 is 5.97 Å². The highest BCUT2D eigenvalue weighted by Crippen LogP contribution is 2.28. The van der Waals surface area contributed by atoms with Crippen molar-refractivity contribution in [2.75, 3.05) is 7.11 Å². The van der Waals surface area contributed by atoms with Crippen LogP contribution in [0.2, 0.25) is 0 Å². The minimum atomic E-state index is -0.342. The third-order valence-corrected chi connectivity index (χ3v) is 3.56. The van der Waals surface area contributed by atoms with Crippen LogP contribution in [0.15, 0.2) is 40.9 Å². The second-order valence-electron chi connectivity index (χ2n) is 5.48. The van der Waals surface area contributed by atoms with E-state index in [-0.39, 0.29) is 5.97 Å². The lowest BCUT2D eigenvalue weighted by Crippen LogP contribution is -2.12. The standard InChI is InChI=1S/C17H21NO2/c1-12-8-13(2)10-14(9-12)11-18-16-7-5-4-6-15(16)17(19)20-3/h4-8,11-12,14H,9-10H2,1-3H3/t12-,14+/m0/s1. The van der Waals surface area contributed by atoms with Crippen molar-refractivity contribution in [3.63, 3.8) is 0 Å². The van der Waals surface area contributed by atoms with Crippen LogP contribution >= 0.6 is 0 Å². The molecule has 0 saturated heterocycles. The number of carbonyl (C=O) groups is 1. The van der Waals surface area contributed by atoms with Crippen molar-refractivity contribution in [2.24, 2.45) is 16.8 Å². The molecule has 1 aromatic rings. The summed E-state index contributed by atoms with van der Waals surface area (Å²) in [4.78, 5) is 16.2. The summed E-state index contributed by atoms with van der Waals surface area (Å²) in [7, 11) is 1.39. The van der Waals surface area contributed by atoms with Gasteiger partial charge in [0.25, 0.3) is 0 Å². The number of ether oxygens (including phenoxy) is 1. The molecule has 1 aliphatic rings. The molecular weight excluding hydrogens is 250 g/mol. The zero-order chi connectivity index (χ0) is 14.5. The Labute approximate surface area is 120 Å². The number of para-hydroxylation sites is 1. The topological polar surface area (TPSA) is 38.7 Å². The first-order chi connectivity index (χ1) is 9.60. The van der Waals surface area contributed by atoms with Gasteiger partial charge in [0.1, 0.15) is 0 Å². The Morgan fingerprint density at radius 2 is 2.15 bits per heavy atom. The predicted octanol–water partition coefficient (Wildman–Crippen LogP) is 4.17. The van der Waals surface area contributed by atoms with Crippen LogP contribution in [0.4, 0.5) is 5.69 Å². The van der Waals surface area contributed by atoms with Gasteiger partial charge in [0.2, 0.25) is 0 Å². The number of nitrogens with zero attached hydrogens (tertiary/aromatic N) is 1. The lowest BCUT2D eigenvalue weighted by atomic mass is 9.84. The third kappa shape index (κ3) is 3.56. The van der Waals surface area contributed by atoms with Crippen LogP contribution in [-0.4, -0.2) is 19.3 Å². The van der Waals surface area contributed by atoms with Gasteiger partial charge in [-0.2, -0.15) is 0 Å². The molecule has 0 bridgehead atoms. The predicted molar refractivity (Wildman–Crippen MR) is 81.6 cm³/mol. The summed E-state index contributed by atoms with van der Waals surface area (Å²) in [6.45, 7) is 4.39. The Kier molecular flexibility index (Phi) is 4.72. The Morgan fingerprint density at radius 3 is 2.85 bits per heavy atom. The van der Waals surface area contributed by atoms with E-state index in [2.05, 4.69) is 24.9 Å². The van der Waals surface area contributed by atoms with Crippen LogP contribution in [0.1, 0.15) is 37.0 Å². The highest BCUT2D eigenvalue weighted by atomic mass is 16.5. The van der Waals surface area contributed by atoms with Crippen LogP contribution in [0.3, 0.4) is 0 Å². The normalized spacial score (nSPS) is 22.6.